The van der Waals surface area contributed by atoms with Crippen molar-refractivity contribution in [1.29, 1.82) is 0 Å². The van der Waals surface area contributed by atoms with Crippen molar-refractivity contribution in [2.75, 3.05) is 0 Å². The number of hydrogen-bond donors (Lipinski definition) is 1. The number of benzene rings is 1. The number of aryl methyl sites for hydroxylation is 1. The van der Waals surface area contributed by atoms with Gasteiger partial charge in [0, 0.05) is 7.05 Å². The molecule has 1 aromatic heterocycles. The third-order valence-electron chi connectivity index (χ3n) is 3.69. The number of imidazole rings is 1. The number of hydrogen-bond acceptors (Lipinski definition) is 2. The Morgan fingerprint density at radius 1 is 1.38 bits per heavy atom. The number of para-hydroxylation sites is 2. The van der Waals surface area contributed by atoms with Crippen LogP contribution in [0.2, 0.25) is 0 Å². The number of aromatic nitrogens is 2. The monoisotopic (exact) mass is 215 g/mol. The molecule has 2 N–H and O–H groups in total. The van der Waals surface area contributed by atoms with Gasteiger partial charge in [0.15, 0.2) is 0 Å². The molecule has 1 aliphatic carbocycles. The second kappa shape index (κ2) is 3.08. The van der Waals surface area contributed by atoms with Crippen LogP contribution in [-0.4, -0.2) is 9.55 Å². The molecule has 1 fully saturated rings. The van der Waals surface area contributed by atoms with Gasteiger partial charge in [0.1, 0.15) is 5.82 Å². The summed E-state index contributed by atoms with van der Waals surface area (Å²) in [4.78, 5) is 4.68. The van der Waals surface area contributed by atoms with Crippen LogP contribution in [-0.2, 0) is 12.6 Å². The average Bonchev–Trinajstić information content (AvgIpc) is 3.05. The summed E-state index contributed by atoms with van der Waals surface area (Å²) < 4.78 is 2.13. The van der Waals surface area contributed by atoms with Gasteiger partial charge in [-0.1, -0.05) is 12.1 Å². The lowest BCUT2D eigenvalue weighted by Crippen LogP contribution is -2.38. The molecule has 1 aliphatic rings. The molecule has 1 aromatic carbocycles. The summed E-state index contributed by atoms with van der Waals surface area (Å²) in [5.41, 5.74) is 8.34. The van der Waals surface area contributed by atoms with Crippen LogP contribution >= 0.6 is 0 Å². The van der Waals surface area contributed by atoms with Crippen LogP contribution in [0.1, 0.15) is 25.6 Å². The molecule has 1 saturated carbocycles. The largest absolute Gasteiger partial charge is 0.330 e. The molecular formula is C13H17N3. The Labute approximate surface area is 95.3 Å². The Kier molecular flexibility index (Phi) is 1.89. The predicted octanol–water partition coefficient (Wildman–Crippen LogP) is 2.16. The second-order valence-corrected chi connectivity index (χ2v) is 5.04. The van der Waals surface area contributed by atoms with Crippen LogP contribution in [0.5, 0.6) is 0 Å². The predicted molar refractivity (Wildman–Crippen MR) is 65.0 cm³/mol. The highest BCUT2D eigenvalue weighted by Crippen LogP contribution is 2.43. The van der Waals surface area contributed by atoms with E-state index in [1.165, 1.54) is 12.8 Å². The van der Waals surface area contributed by atoms with E-state index in [0.717, 1.165) is 16.9 Å². The summed E-state index contributed by atoms with van der Waals surface area (Å²) in [6, 6.07) is 8.19. The van der Waals surface area contributed by atoms with Crippen LogP contribution in [0.3, 0.4) is 0 Å². The van der Waals surface area contributed by atoms with Gasteiger partial charge in [0.25, 0.3) is 0 Å². The number of nitrogens with two attached hydrogens (primary N) is 1. The minimum Gasteiger partial charge on any atom is -0.330 e. The molecule has 3 nitrogen and oxygen atoms in total. The fourth-order valence-corrected chi connectivity index (χ4v) is 2.49. The summed E-state index contributed by atoms with van der Waals surface area (Å²) in [6.07, 6.45) is 2.46. The Bertz CT molecular complexity index is 535. The van der Waals surface area contributed by atoms with Gasteiger partial charge < -0.3 is 10.3 Å². The topological polar surface area (TPSA) is 43.8 Å². The summed E-state index contributed by atoms with van der Waals surface area (Å²) in [7, 11) is 2.05. The molecule has 1 heterocycles. The molecule has 1 unspecified atom stereocenters. The first-order chi connectivity index (χ1) is 7.60. The summed E-state index contributed by atoms with van der Waals surface area (Å²) in [5.74, 6) is 1.61. The van der Waals surface area contributed by atoms with Crippen LogP contribution < -0.4 is 5.73 Å². The zero-order valence-electron chi connectivity index (χ0n) is 9.77. The van der Waals surface area contributed by atoms with Crippen molar-refractivity contribution < 1.29 is 0 Å². The van der Waals surface area contributed by atoms with E-state index in [0.29, 0.717) is 5.92 Å². The molecule has 3 heteroatoms. The van der Waals surface area contributed by atoms with Gasteiger partial charge in [-0.2, -0.15) is 0 Å². The molecule has 0 radical (unpaired) electrons. The highest BCUT2D eigenvalue weighted by atomic mass is 15.1. The first-order valence-electron chi connectivity index (χ1n) is 5.81. The van der Waals surface area contributed by atoms with E-state index in [9.17, 15) is 0 Å². The number of rotatable bonds is 2. The van der Waals surface area contributed by atoms with E-state index in [1.54, 1.807) is 0 Å². The van der Waals surface area contributed by atoms with Crippen LogP contribution in [0, 0.1) is 5.92 Å². The van der Waals surface area contributed by atoms with Crippen molar-refractivity contribution in [2.45, 2.75) is 25.3 Å². The smallest absolute Gasteiger partial charge is 0.129 e. The fourth-order valence-electron chi connectivity index (χ4n) is 2.49. The van der Waals surface area contributed by atoms with Crippen LogP contribution in [0.25, 0.3) is 11.0 Å². The molecule has 0 spiro atoms. The Morgan fingerprint density at radius 2 is 2.06 bits per heavy atom. The van der Waals surface area contributed by atoms with E-state index in [2.05, 4.69) is 29.6 Å². The fraction of sp³-hybridized carbons (Fsp3) is 0.462. The summed E-state index contributed by atoms with van der Waals surface area (Å²) in [5, 5.41) is 0. The second-order valence-electron chi connectivity index (χ2n) is 5.04. The lowest BCUT2D eigenvalue weighted by atomic mass is 9.96. The minimum absolute atomic E-state index is 0.284. The van der Waals surface area contributed by atoms with Crippen molar-refractivity contribution in [2.24, 2.45) is 18.7 Å². The van der Waals surface area contributed by atoms with Gasteiger partial charge in [-0.25, -0.2) is 4.98 Å². The Hall–Kier alpha value is -1.35. The normalized spacial score (nSPS) is 19.9. The quantitative estimate of drug-likeness (QED) is 0.834. The third kappa shape index (κ3) is 1.28. The molecule has 2 aromatic rings. The molecule has 0 amide bonds. The van der Waals surface area contributed by atoms with Crippen molar-refractivity contribution in [3.05, 3.63) is 30.1 Å². The maximum absolute atomic E-state index is 6.42. The maximum Gasteiger partial charge on any atom is 0.129 e. The van der Waals surface area contributed by atoms with Gasteiger partial charge in [0.2, 0.25) is 0 Å². The van der Waals surface area contributed by atoms with Crippen LogP contribution in [0.15, 0.2) is 24.3 Å². The molecule has 0 aliphatic heterocycles. The molecule has 1 atom stereocenters. The van der Waals surface area contributed by atoms with Gasteiger partial charge >= 0.3 is 0 Å². The molecule has 16 heavy (non-hydrogen) atoms. The van der Waals surface area contributed by atoms with E-state index in [4.69, 9.17) is 5.73 Å². The van der Waals surface area contributed by atoms with E-state index >= 15 is 0 Å². The maximum atomic E-state index is 6.42. The van der Waals surface area contributed by atoms with Gasteiger partial charge in [-0.05, 0) is 37.8 Å². The van der Waals surface area contributed by atoms with Gasteiger partial charge in [-0.15, -0.1) is 0 Å². The van der Waals surface area contributed by atoms with Crippen LogP contribution in [0.4, 0.5) is 0 Å². The number of fused-ring (bicyclic) bond motifs is 1. The Morgan fingerprint density at radius 3 is 2.69 bits per heavy atom. The summed E-state index contributed by atoms with van der Waals surface area (Å²) >= 11 is 0. The van der Waals surface area contributed by atoms with E-state index in [-0.39, 0.29) is 5.54 Å². The minimum atomic E-state index is -0.284. The van der Waals surface area contributed by atoms with Gasteiger partial charge in [0.05, 0.1) is 16.6 Å². The lowest BCUT2D eigenvalue weighted by Gasteiger charge is -2.23. The van der Waals surface area contributed by atoms with Crippen molar-refractivity contribution in [3.63, 3.8) is 0 Å². The lowest BCUT2D eigenvalue weighted by molar-refractivity contribution is 0.391. The standard InChI is InChI=1S/C13H17N3/c1-13(14,9-7-8-9)12-15-10-5-3-4-6-11(10)16(12)2/h3-6,9H,7-8,14H2,1-2H3. The van der Waals surface area contributed by atoms with Crippen molar-refractivity contribution in [3.8, 4) is 0 Å². The zero-order valence-corrected chi connectivity index (χ0v) is 9.77. The number of nitrogens with zero attached hydrogens (tertiary/aromatic N) is 2. The summed E-state index contributed by atoms with van der Waals surface area (Å²) in [6.45, 7) is 2.10. The van der Waals surface area contributed by atoms with Crippen molar-refractivity contribution >= 4 is 11.0 Å². The average molecular weight is 215 g/mol. The first kappa shape index (κ1) is 9.85. The first-order valence-corrected chi connectivity index (χ1v) is 5.81. The van der Waals surface area contributed by atoms with E-state index in [1.807, 2.05) is 18.2 Å². The Balaban J connectivity index is 2.20. The molecular weight excluding hydrogens is 198 g/mol. The van der Waals surface area contributed by atoms with Gasteiger partial charge in [-0.3, -0.25) is 0 Å². The van der Waals surface area contributed by atoms with E-state index < -0.39 is 0 Å². The molecule has 0 bridgehead atoms. The molecule has 3 rings (SSSR count). The highest BCUT2D eigenvalue weighted by molar-refractivity contribution is 5.76. The molecule has 0 saturated heterocycles. The zero-order chi connectivity index (χ0) is 11.3. The third-order valence-corrected chi connectivity index (χ3v) is 3.69. The SMILES string of the molecule is Cn1c(C(C)(N)C2CC2)nc2ccccc21. The highest BCUT2D eigenvalue weighted by Gasteiger charge is 2.42. The molecule has 84 valence electrons. The van der Waals surface area contributed by atoms with Crippen molar-refractivity contribution in [1.82, 2.24) is 9.55 Å².